The third-order valence-electron chi connectivity index (χ3n) is 3.10. The molecule has 23 heavy (non-hydrogen) atoms. The summed E-state index contributed by atoms with van der Waals surface area (Å²) in [5, 5.41) is 6.50. The van der Waals surface area contributed by atoms with Crippen LogP contribution in [0.2, 0.25) is 0 Å². The molecule has 0 aromatic carbocycles. The zero-order valence-corrected chi connectivity index (χ0v) is 18.3. The molecule has 0 spiro atoms. The van der Waals surface area contributed by atoms with Gasteiger partial charge in [0.1, 0.15) is 4.21 Å². The molecule has 1 aromatic heterocycles. The minimum absolute atomic E-state index is 0. The number of hydrogen-bond donors (Lipinski definition) is 2. The smallest absolute Gasteiger partial charge is 0.252 e. The van der Waals surface area contributed by atoms with Gasteiger partial charge in [-0.1, -0.05) is 6.92 Å². The van der Waals surface area contributed by atoms with Gasteiger partial charge in [0.2, 0.25) is 0 Å². The molecule has 134 valence electrons. The maximum Gasteiger partial charge on any atom is 0.252 e. The Morgan fingerprint density at radius 2 is 2.00 bits per heavy atom. The van der Waals surface area contributed by atoms with Crippen molar-refractivity contribution in [1.29, 1.82) is 0 Å². The van der Waals surface area contributed by atoms with Gasteiger partial charge < -0.3 is 10.6 Å². The summed E-state index contributed by atoms with van der Waals surface area (Å²) >= 11 is 1.26. The molecule has 1 atom stereocenters. The van der Waals surface area contributed by atoms with Gasteiger partial charge in [-0.2, -0.15) is 0 Å². The van der Waals surface area contributed by atoms with Crippen LogP contribution >= 0.6 is 35.3 Å². The Kier molecular flexibility index (Phi) is 10.3. The predicted molar refractivity (Wildman–Crippen MR) is 108 cm³/mol. The van der Waals surface area contributed by atoms with Crippen LogP contribution in [0.15, 0.2) is 21.3 Å². The molecule has 0 bridgehead atoms. The second-order valence-electron chi connectivity index (χ2n) is 5.16. The van der Waals surface area contributed by atoms with Gasteiger partial charge in [-0.05, 0) is 32.4 Å². The lowest BCUT2D eigenvalue weighted by molar-refractivity contribution is 0.523. The lowest BCUT2D eigenvalue weighted by Crippen LogP contribution is -2.41. The molecule has 0 aliphatic rings. The summed E-state index contributed by atoms with van der Waals surface area (Å²) in [6.45, 7) is 7.46. The number of thiophene rings is 1. The first-order chi connectivity index (χ1) is 10.3. The highest BCUT2D eigenvalue weighted by Crippen LogP contribution is 2.24. The van der Waals surface area contributed by atoms with E-state index in [-0.39, 0.29) is 24.0 Å². The number of hydrogen-bond acceptors (Lipinski definition) is 4. The first-order valence-corrected chi connectivity index (χ1v) is 9.63. The highest BCUT2D eigenvalue weighted by atomic mass is 127. The summed E-state index contributed by atoms with van der Waals surface area (Å²) in [4.78, 5) is 5.43. The number of nitrogens with one attached hydrogen (secondary N) is 2. The molecule has 0 radical (unpaired) electrons. The molecular formula is C14H27IN4O2S2. The van der Waals surface area contributed by atoms with Crippen LogP contribution < -0.4 is 10.6 Å². The summed E-state index contributed by atoms with van der Waals surface area (Å²) in [6, 6.07) is 3.79. The molecule has 1 rings (SSSR count). The van der Waals surface area contributed by atoms with E-state index in [9.17, 15) is 8.42 Å². The fraction of sp³-hybridized carbons (Fsp3) is 0.643. The summed E-state index contributed by atoms with van der Waals surface area (Å²) in [5.41, 5.74) is 0. The fourth-order valence-corrected chi connectivity index (χ4v) is 4.02. The molecule has 1 heterocycles. The van der Waals surface area contributed by atoms with Crippen LogP contribution in [-0.2, 0) is 16.6 Å². The molecular weight excluding hydrogens is 447 g/mol. The first kappa shape index (κ1) is 22.6. The minimum atomic E-state index is -3.36. The highest BCUT2D eigenvalue weighted by Gasteiger charge is 2.19. The minimum Gasteiger partial charge on any atom is -0.357 e. The van der Waals surface area contributed by atoms with Gasteiger partial charge in [0.15, 0.2) is 5.96 Å². The molecule has 0 aliphatic carbocycles. The van der Waals surface area contributed by atoms with Crippen LogP contribution in [0.4, 0.5) is 0 Å². The average molecular weight is 474 g/mol. The third-order valence-corrected chi connectivity index (χ3v) is 6.46. The molecule has 1 aromatic rings. The highest BCUT2D eigenvalue weighted by molar-refractivity contribution is 14.0. The summed E-state index contributed by atoms with van der Waals surface area (Å²) in [5.74, 6) is 0.752. The van der Waals surface area contributed by atoms with E-state index in [0.29, 0.717) is 16.8 Å². The van der Waals surface area contributed by atoms with Crippen molar-refractivity contribution in [2.24, 2.45) is 4.99 Å². The van der Waals surface area contributed by atoms with Gasteiger partial charge in [0.25, 0.3) is 10.0 Å². The molecule has 0 saturated carbocycles. The quantitative estimate of drug-likeness (QED) is 0.362. The Bertz CT molecular complexity index is 600. The monoisotopic (exact) mass is 474 g/mol. The molecule has 0 aliphatic heterocycles. The van der Waals surface area contributed by atoms with Gasteiger partial charge in [-0.3, -0.25) is 0 Å². The molecule has 2 N–H and O–H groups in total. The van der Waals surface area contributed by atoms with E-state index in [2.05, 4.69) is 29.5 Å². The van der Waals surface area contributed by atoms with Crippen LogP contribution in [0.25, 0.3) is 0 Å². The van der Waals surface area contributed by atoms with Crippen molar-refractivity contribution in [2.75, 3.05) is 20.6 Å². The summed E-state index contributed by atoms with van der Waals surface area (Å²) in [7, 11) is -0.288. The Hall–Kier alpha value is -0.390. The second kappa shape index (κ2) is 10.5. The van der Waals surface area contributed by atoms with Crippen molar-refractivity contribution in [2.45, 2.75) is 44.0 Å². The zero-order chi connectivity index (χ0) is 16.8. The molecule has 0 saturated heterocycles. The van der Waals surface area contributed by atoms with Gasteiger partial charge in [-0.15, -0.1) is 35.3 Å². The van der Waals surface area contributed by atoms with Crippen LogP contribution in [0.5, 0.6) is 0 Å². The maximum absolute atomic E-state index is 12.0. The lowest BCUT2D eigenvalue weighted by atomic mass is 10.3. The van der Waals surface area contributed by atoms with Gasteiger partial charge in [0, 0.05) is 31.6 Å². The number of sulfonamides is 1. The van der Waals surface area contributed by atoms with Crippen molar-refractivity contribution in [3.8, 4) is 0 Å². The molecule has 6 nitrogen and oxygen atoms in total. The third kappa shape index (κ3) is 6.94. The predicted octanol–water partition coefficient (Wildman–Crippen LogP) is 2.47. The Labute approximate surface area is 160 Å². The van der Waals surface area contributed by atoms with Crippen molar-refractivity contribution >= 4 is 51.3 Å². The number of aliphatic imine (C=N–C) groups is 1. The van der Waals surface area contributed by atoms with E-state index >= 15 is 0 Å². The second-order valence-corrected chi connectivity index (χ2v) is 8.70. The topological polar surface area (TPSA) is 73.8 Å². The van der Waals surface area contributed by atoms with E-state index in [4.69, 9.17) is 0 Å². The van der Waals surface area contributed by atoms with E-state index in [1.165, 1.54) is 29.7 Å². The normalized spacial score (nSPS) is 13.6. The van der Waals surface area contributed by atoms with E-state index in [0.717, 1.165) is 23.8 Å². The Morgan fingerprint density at radius 3 is 2.52 bits per heavy atom. The molecule has 0 fully saturated rings. The van der Waals surface area contributed by atoms with Crippen molar-refractivity contribution in [3.05, 3.63) is 17.0 Å². The van der Waals surface area contributed by atoms with Gasteiger partial charge in [-0.25, -0.2) is 17.7 Å². The van der Waals surface area contributed by atoms with E-state index < -0.39 is 10.0 Å². The van der Waals surface area contributed by atoms with Gasteiger partial charge in [0.05, 0.1) is 6.54 Å². The summed E-state index contributed by atoms with van der Waals surface area (Å²) < 4.78 is 25.7. The van der Waals surface area contributed by atoms with Crippen LogP contribution in [0.1, 0.15) is 32.1 Å². The SMILES string of the molecule is CCNC(=NCc1ccc(S(=O)(=O)N(C)C)s1)NC(C)CC.I. The van der Waals surface area contributed by atoms with Crippen LogP contribution in [0.3, 0.4) is 0 Å². The van der Waals surface area contributed by atoms with Crippen molar-refractivity contribution in [3.63, 3.8) is 0 Å². The zero-order valence-electron chi connectivity index (χ0n) is 14.3. The fourth-order valence-electron chi connectivity index (χ4n) is 1.57. The Morgan fingerprint density at radius 1 is 1.35 bits per heavy atom. The van der Waals surface area contributed by atoms with Crippen molar-refractivity contribution < 1.29 is 8.42 Å². The number of halogens is 1. The van der Waals surface area contributed by atoms with E-state index in [1.54, 1.807) is 6.07 Å². The van der Waals surface area contributed by atoms with Crippen LogP contribution in [-0.4, -0.2) is 45.4 Å². The largest absolute Gasteiger partial charge is 0.357 e. The molecule has 9 heteroatoms. The van der Waals surface area contributed by atoms with Gasteiger partial charge >= 0.3 is 0 Å². The Balaban J connectivity index is 0.00000484. The standard InChI is InChI=1S/C14H26N4O2S2.HI/c1-6-11(3)17-14(15-7-2)16-10-12-8-9-13(21-12)22(19,20)18(4)5;/h8-9,11H,6-7,10H2,1-5H3,(H2,15,16,17);1H. The lowest BCUT2D eigenvalue weighted by Gasteiger charge is -2.15. The van der Waals surface area contributed by atoms with Crippen LogP contribution in [0, 0.1) is 0 Å². The summed E-state index contributed by atoms with van der Waals surface area (Å²) in [6.07, 6.45) is 1.01. The van der Waals surface area contributed by atoms with Crippen molar-refractivity contribution in [1.82, 2.24) is 14.9 Å². The average Bonchev–Trinajstić information content (AvgIpc) is 2.94. The maximum atomic E-state index is 12.0. The molecule has 0 amide bonds. The number of guanidine groups is 1. The van der Waals surface area contributed by atoms with E-state index in [1.807, 2.05) is 13.0 Å². The first-order valence-electron chi connectivity index (χ1n) is 7.37. The number of rotatable bonds is 7. The molecule has 1 unspecified atom stereocenters. The number of nitrogens with zero attached hydrogens (tertiary/aromatic N) is 2.